The molecule has 4 heterocycles. The Morgan fingerprint density at radius 2 is 1.88 bits per heavy atom. The van der Waals surface area contributed by atoms with Crippen molar-refractivity contribution in [3.05, 3.63) is 53.5 Å². The van der Waals surface area contributed by atoms with Gasteiger partial charge in [0.1, 0.15) is 11.6 Å². The first-order valence-electron chi connectivity index (χ1n) is 11.0. The molecule has 170 valence electrons. The quantitative estimate of drug-likeness (QED) is 0.661. The molecule has 32 heavy (non-hydrogen) atoms. The fraction of sp³-hybridized carbons (Fsp3) is 0.458. The molecule has 3 aromatic rings. The highest BCUT2D eigenvalue weighted by atomic mass is 19.1. The van der Waals surface area contributed by atoms with Crippen LogP contribution < -0.4 is 4.74 Å². The second-order valence-electron chi connectivity index (χ2n) is 8.08. The molecule has 0 aliphatic carbocycles. The van der Waals surface area contributed by atoms with Crippen LogP contribution in [0.2, 0.25) is 0 Å². The minimum Gasteiger partial charge on any atom is -0.497 e. The van der Waals surface area contributed by atoms with Gasteiger partial charge in [-0.3, -0.25) is 9.18 Å². The summed E-state index contributed by atoms with van der Waals surface area (Å²) >= 11 is 0. The van der Waals surface area contributed by atoms with E-state index >= 15 is 0 Å². The van der Waals surface area contributed by atoms with Crippen LogP contribution >= 0.6 is 0 Å². The number of likely N-dealkylation sites (tertiary alicyclic amines) is 1. The molecule has 1 aromatic carbocycles. The highest BCUT2D eigenvalue weighted by molar-refractivity contribution is 5.94. The average molecular weight is 441 g/mol. The van der Waals surface area contributed by atoms with Crippen molar-refractivity contribution in [3.8, 4) is 5.75 Å². The number of H-pyrrole nitrogens is 1. The van der Waals surface area contributed by atoms with Crippen molar-refractivity contribution in [2.75, 3.05) is 40.6 Å². The third kappa shape index (κ3) is 4.46. The van der Waals surface area contributed by atoms with Crippen LogP contribution in [-0.4, -0.2) is 66.3 Å². The Hall–Kier alpha value is -3.00. The molecule has 2 saturated heterocycles. The summed E-state index contributed by atoms with van der Waals surface area (Å²) in [6, 6.07) is 9.43. The molecule has 2 aliphatic rings. The lowest BCUT2D eigenvalue weighted by Gasteiger charge is -2.32. The normalized spacial score (nSPS) is 19.0. The lowest BCUT2D eigenvalue weighted by Crippen LogP contribution is -2.37. The Morgan fingerprint density at radius 1 is 1.12 bits per heavy atom. The van der Waals surface area contributed by atoms with E-state index in [0.29, 0.717) is 24.6 Å². The number of fused-ring (bicyclic) bond motifs is 1. The van der Waals surface area contributed by atoms with E-state index in [1.165, 1.54) is 5.56 Å². The monoisotopic (exact) mass is 440 g/mol. The molecular weight excluding hydrogens is 411 g/mol. The Morgan fingerprint density at radius 3 is 2.53 bits per heavy atom. The van der Waals surface area contributed by atoms with E-state index in [1.54, 1.807) is 7.11 Å². The second-order valence-corrected chi connectivity index (χ2v) is 8.08. The van der Waals surface area contributed by atoms with Gasteiger partial charge < -0.3 is 19.4 Å². The van der Waals surface area contributed by atoms with Crippen molar-refractivity contribution < 1.29 is 18.7 Å². The predicted molar refractivity (Wildman–Crippen MR) is 120 cm³/mol. The number of pyridine rings is 1. The van der Waals surface area contributed by atoms with E-state index in [1.807, 2.05) is 35.4 Å². The Labute approximate surface area is 187 Å². The van der Waals surface area contributed by atoms with Crippen molar-refractivity contribution in [1.29, 1.82) is 0 Å². The zero-order valence-corrected chi connectivity index (χ0v) is 18.5. The highest BCUT2D eigenvalue weighted by Gasteiger charge is 2.27. The van der Waals surface area contributed by atoms with E-state index < -0.39 is 0 Å². The summed E-state index contributed by atoms with van der Waals surface area (Å²) in [5, 5.41) is 0. The third-order valence-electron chi connectivity index (χ3n) is 6.32. The number of ether oxygens (including phenoxy) is 2. The molecule has 8 heteroatoms. The molecule has 1 amide bonds. The van der Waals surface area contributed by atoms with Gasteiger partial charge in [0.05, 0.1) is 26.4 Å². The fourth-order valence-corrected chi connectivity index (χ4v) is 4.54. The number of alkyl halides is 1. The molecule has 0 bridgehead atoms. The van der Waals surface area contributed by atoms with E-state index in [0.717, 1.165) is 68.3 Å². The minimum atomic E-state index is 0.0843. The number of carbonyl (C=O) groups is 1. The molecule has 1 N–H and O–H groups in total. The number of piperidine rings is 1. The van der Waals surface area contributed by atoms with Crippen LogP contribution in [-0.2, 0) is 4.74 Å². The summed E-state index contributed by atoms with van der Waals surface area (Å²) in [5.74, 6) is 2.55. The van der Waals surface area contributed by atoms with Gasteiger partial charge in [-0.05, 0) is 61.1 Å². The van der Waals surface area contributed by atoms with Crippen molar-refractivity contribution in [2.24, 2.45) is 0 Å². The number of benzene rings is 1. The first-order valence-corrected chi connectivity index (χ1v) is 11.0. The van der Waals surface area contributed by atoms with Gasteiger partial charge in [0.2, 0.25) is 0 Å². The van der Waals surface area contributed by atoms with Crippen molar-refractivity contribution in [1.82, 2.24) is 19.9 Å². The van der Waals surface area contributed by atoms with Gasteiger partial charge in [0.25, 0.3) is 5.91 Å². The van der Waals surface area contributed by atoms with Gasteiger partial charge in [0.15, 0.2) is 5.65 Å². The minimum absolute atomic E-state index is 0.0843. The summed E-state index contributed by atoms with van der Waals surface area (Å²) < 4.78 is 20.2. The van der Waals surface area contributed by atoms with E-state index in [-0.39, 0.29) is 5.91 Å². The number of aromatic amines is 1. The van der Waals surface area contributed by atoms with E-state index in [9.17, 15) is 9.18 Å². The van der Waals surface area contributed by atoms with Crippen LogP contribution in [0.25, 0.3) is 11.2 Å². The van der Waals surface area contributed by atoms with Gasteiger partial charge in [0, 0.05) is 37.4 Å². The number of methoxy groups -OCH3 is 1. The fourth-order valence-electron chi connectivity index (χ4n) is 4.54. The summed E-state index contributed by atoms with van der Waals surface area (Å²) in [6.07, 6.45) is 4.72. The number of nitrogens with one attached hydrogen (secondary N) is 1. The number of imidazole rings is 1. The summed E-state index contributed by atoms with van der Waals surface area (Å²) in [7, 11) is 2.13. The maximum Gasteiger partial charge on any atom is 0.253 e. The number of amides is 1. The highest BCUT2D eigenvalue weighted by Crippen LogP contribution is 2.33. The van der Waals surface area contributed by atoms with Gasteiger partial charge >= 0.3 is 0 Å². The SMILES string of the molecule is CF.COc1ccc(C(=O)N2CCC(c3ccnc4nc(C5CCOC5)[nH]c34)CC2)cc1. The van der Waals surface area contributed by atoms with Crippen LogP contribution in [0, 0.1) is 0 Å². The molecule has 1 atom stereocenters. The maximum absolute atomic E-state index is 12.9. The molecule has 2 aromatic heterocycles. The zero-order chi connectivity index (χ0) is 22.5. The Balaban J connectivity index is 0.00000119. The standard InChI is InChI=1S/C23H26N4O3.CH3F/c1-29-18-4-2-16(3-5-18)23(28)27-11-7-15(8-12-27)19-6-10-24-22-20(19)25-21(26-22)17-9-13-30-14-17;1-2/h2-6,10,15,17H,7-9,11-14H2,1H3,(H,24,25,26);1H3. The van der Waals surface area contributed by atoms with Crippen molar-refractivity contribution in [3.63, 3.8) is 0 Å². The van der Waals surface area contributed by atoms with Crippen LogP contribution in [0.5, 0.6) is 5.75 Å². The molecule has 0 spiro atoms. The largest absolute Gasteiger partial charge is 0.497 e. The van der Waals surface area contributed by atoms with Crippen LogP contribution in [0.4, 0.5) is 4.39 Å². The van der Waals surface area contributed by atoms with Crippen LogP contribution in [0.1, 0.15) is 52.8 Å². The summed E-state index contributed by atoms with van der Waals surface area (Å²) in [5.41, 5.74) is 3.79. The Bertz CT molecular complexity index is 1040. The topological polar surface area (TPSA) is 80.3 Å². The van der Waals surface area contributed by atoms with E-state index in [4.69, 9.17) is 14.5 Å². The van der Waals surface area contributed by atoms with Gasteiger partial charge in [-0.25, -0.2) is 9.97 Å². The van der Waals surface area contributed by atoms with Gasteiger partial charge in [-0.1, -0.05) is 0 Å². The van der Waals surface area contributed by atoms with Crippen molar-refractivity contribution in [2.45, 2.75) is 31.1 Å². The molecule has 0 radical (unpaired) electrons. The summed E-state index contributed by atoms with van der Waals surface area (Å²) in [4.78, 5) is 27.5. The zero-order valence-electron chi connectivity index (χ0n) is 18.5. The lowest BCUT2D eigenvalue weighted by molar-refractivity contribution is 0.0713. The number of hydrogen-bond acceptors (Lipinski definition) is 5. The van der Waals surface area contributed by atoms with Gasteiger partial charge in [-0.2, -0.15) is 0 Å². The number of hydrogen-bond donors (Lipinski definition) is 1. The number of nitrogens with zero attached hydrogens (tertiary/aromatic N) is 3. The molecule has 0 saturated carbocycles. The predicted octanol–water partition coefficient (Wildman–Crippen LogP) is 4.08. The number of halogens is 1. The molecular formula is C24H29FN4O3. The summed E-state index contributed by atoms with van der Waals surface area (Å²) in [6.45, 7) is 3.01. The number of rotatable bonds is 4. The number of carbonyl (C=O) groups excluding carboxylic acids is 1. The van der Waals surface area contributed by atoms with Crippen LogP contribution in [0.3, 0.4) is 0 Å². The van der Waals surface area contributed by atoms with Crippen molar-refractivity contribution >= 4 is 17.1 Å². The van der Waals surface area contributed by atoms with Gasteiger partial charge in [-0.15, -0.1) is 0 Å². The average Bonchev–Trinajstić information content (AvgIpc) is 3.55. The van der Waals surface area contributed by atoms with Crippen LogP contribution in [0.15, 0.2) is 36.5 Å². The molecule has 5 rings (SSSR count). The smallest absolute Gasteiger partial charge is 0.253 e. The first-order chi connectivity index (χ1) is 15.7. The number of aromatic nitrogens is 3. The van der Waals surface area contributed by atoms with E-state index in [2.05, 4.69) is 16.0 Å². The molecule has 7 nitrogen and oxygen atoms in total. The molecule has 2 fully saturated rings. The lowest BCUT2D eigenvalue weighted by atomic mass is 9.89. The first kappa shape index (κ1) is 22.2. The molecule has 1 unspecified atom stereocenters. The third-order valence-corrected chi connectivity index (χ3v) is 6.32. The maximum atomic E-state index is 12.9. The Kier molecular flexibility index (Phi) is 6.99. The molecule has 2 aliphatic heterocycles. The second kappa shape index (κ2) is 10.1.